The first-order chi connectivity index (χ1) is 15.2. The Balaban J connectivity index is 1.65. The van der Waals surface area contributed by atoms with Crippen molar-refractivity contribution in [2.24, 2.45) is 0 Å². The topological polar surface area (TPSA) is 62.7 Å². The van der Waals surface area contributed by atoms with Crippen molar-refractivity contribution >= 4 is 44.2 Å². The fourth-order valence-corrected chi connectivity index (χ4v) is 4.80. The highest BCUT2D eigenvalue weighted by atomic mass is 32.1. The molecule has 6 nitrogen and oxygen atoms in total. The van der Waals surface area contributed by atoms with Gasteiger partial charge in [-0.2, -0.15) is 0 Å². The molecular formula is C24H27N3O3S. The minimum atomic E-state index is -0.155. The Morgan fingerprint density at radius 3 is 2.65 bits per heavy atom. The van der Waals surface area contributed by atoms with Gasteiger partial charge in [0, 0.05) is 13.0 Å². The zero-order valence-corrected chi connectivity index (χ0v) is 18.6. The average Bonchev–Trinajstić information content (AvgIpc) is 3.18. The first-order valence-corrected chi connectivity index (χ1v) is 11.7. The van der Waals surface area contributed by atoms with Crippen LogP contribution in [0.15, 0.2) is 48.5 Å². The van der Waals surface area contributed by atoms with Crippen LogP contribution in [0.5, 0.6) is 5.75 Å². The van der Waals surface area contributed by atoms with Crippen molar-refractivity contribution in [3.05, 3.63) is 48.5 Å². The minimum absolute atomic E-state index is 0.0575. The maximum atomic E-state index is 13.5. The zero-order chi connectivity index (χ0) is 21.6. The van der Waals surface area contributed by atoms with Crippen molar-refractivity contribution in [2.45, 2.75) is 39.0 Å². The molecule has 1 aromatic heterocycles. The lowest BCUT2D eigenvalue weighted by Gasteiger charge is -2.27. The first-order valence-electron chi connectivity index (χ1n) is 10.8. The highest BCUT2D eigenvalue weighted by molar-refractivity contribution is 7.22. The van der Waals surface area contributed by atoms with Gasteiger partial charge in [-0.15, -0.1) is 0 Å². The van der Waals surface area contributed by atoms with Crippen LogP contribution in [-0.2, 0) is 9.59 Å². The van der Waals surface area contributed by atoms with Gasteiger partial charge < -0.3 is 9.64 Å². The predicted molar refractivity (Wildman–Crippen MR) is 124 cm³/mol. The molecule has 2 heterocycles. The molecule has 2 aromatic carbocycles. The van der Waals surface area contributed by atoms with Crippen molar-refractivity contribution in [3.8, 4) is 5.75 Å². The zero-order valence-electron chi connectivity index (χ0n) is 17.8. The summed E-state index contributed by atoms with van der Waals surface area (Å²) in [5, 5.41) is 0.606. The number of likely N-dealkylation sites (tertiary alicyclic amines) is 1. The smallest absolute Gasteiger partial charge is 0.252 e. The van der Waals surface area contributed by atoms with Crippen molar-refractivity contribution in [1.29, 1.82) is 0 Å². The number of carbonyl (C=O) groups excluding carboxylic acids is 2. The highest BCUT2D eigenvalue weighted by Gasteiger charge is 2.26. The second-order valence-electron chi connectivity index (χ2n) is 7.60. The number of anilines is 2. The maximum Gasteiger partial charge on any atom is 0.252 e. The largest absolute Gasteiger partial charge is 0.494 e. The summed E-state index contributed by atoms with van der Waals surface area (Å²) < 4.78 is 6.56. The Morgan fingerprint density at radius 1 is 1.10 bits per heavy atom. The molecule has 31 heavy (non-hydrogen) atoms. The van der Waals surface area contributed by atoms with Gasteiger partial charge in [0.15, 0.2) is 5.13 Å². The molecule has 3 aromatic rings. The Kier molecular flexibility index (Phi) is 6.82. The Labute approximate surface area is 186 Å². The molecule has 7 heteroatoms. The summed E-state index contributed by atoms with van der Waals surface area (Å²) in [6.45, 7) is 3.20. The number of thiazole rings is 1. The van der Waals surface area contributed by atoms with Crippen LogP contribution in [0.2, 0.25) is 0 Å². The number of aromatic nitrogens is 1. The summed E-state index contributed by atoms with van der Waals surface area (Å²) in [6.07, 6.45) is 4.51. The van der Waals surface area contributed by atoms with E-state index in [4.69, 9.17) is 9.72 Å². The van der Waals surface area contributed by atoms with Gasteiger partial charge in [0.05, 0.1) is 22.5 Å². The molecule has 0 saturated carbocycles. The molecule has 0 spiro atoms. The van der Waals surface area contributed by atoms with E-state index in [1.807, 2.05) is 55.5 Å². The third-order valence-electron chi connectivity index (χ3n) is 5.38. The lowest BCUT2D eigenvalue weighted by atomic mass is 10.1. The van der Waals surface area contributed by atoms with Crippen molar-refractivity contribution in [3.63, 3.8) is 0 Å². The van der Waals surface area contributed by atoms with Gasteiger partial charge in [-0.3, -0.25) is 14.5 Å². The third kappa shape index (κ3) is 5.05. The lowest BCUT2D eigenvalue weighted by molar-refractivity contribution is -0.135. The number of benzene rings is 2. The van der Waals surface area contributed by atoms with Crippen LogP contribution in [0.3, 0.4) is 0 Å². The molecule has 0 N–H and O–H groups in total. The molecule has 1 saturated heterocycles. The average molecular weight is 438 g/mol. The number of hydrogen-bond acceptors (Lipinski definition) is 5. The van der Waals surface area contributed by atoms with E-state index in [1.165, 1.54) is 11.3 Å². The van der Waals surface area contributed by atoms with E-state index in [2.05, 4.69) is 0 Å². The maximum absolute atomic E-state index is 13.5. The minimum Gasteiger partial charge on any atom is -0.494 e. The number of carbonyl (C=O) groups is 2. The summed E-state index contributed by atoms with van der Waals surface area (Å²) in [4.78, 5) is 34.1. The normalized spacial score (nSPS) is 14.9. The lowest BCUT2D eigenvalue weighted by Crippen LogP contribution is -2.42. The number of rotatable bonds is 6. The predicted octanol–water partition coefficient (Wildman–Crippen LogP) is 5.15. The number of ether oxygens (including phenoxy) is 1. The number of fused-ring (bicyclic) bond motifs is 1. The second kappa shape index (κ2) is 9.92. The third-order valence-corrected chi connectivity index (χ3v) is 6.40. The number of hydrogen-bond donors (Lipinski definition) is 0. The van der Waals surface area contributed by atoms with E-state index in [0.717, 1.165) is 41.6 Å². The highest BCUT2D eigenvalue weighted by Crippen LogP contribution is 2.34. The van der Waals surface area contributed by atoms with Crippen LogP contribution >= 0.6 is 11.3 Å². The molecule has 1 aliphatic rings. The van der Waals surface area contributed by atoms with Gasteiger partial charge >= 0.3 is 0 Å². The van der Waals surface area contributed by atoms with E-state index in [-0.39, 0.29) is 18.4 Å². The standard InChI is InChI=1S/C24H27N3O3S/c1-2-30-19-14-12-18(13-15-19)27(24-25-20-9-6-7-10-21(20)31-24)23(29)17-26-16-8-4-3-5-11-22(26)28/h6-7,9-10,12-15H,2-5,8,11,16-17H2,1H3. The Bertz CT molecular complexity index is 1010. The van der Waals surface area contributed by atoms with Gasteiger partial charge in [-0.05, 0) is 56.2 Å². The Hall–Kier alpha value is -2.93. The summed E-state index contributed by atoms with van der Waals surface area (Å²) >= 11 is 1.47. The summed E-state index contributed by atoms with van der Waals surface area (Å²) in [5.74, 6) is 0.656. The first kappa shape index (κ1) is 21.3. The van der Waals surface area contributed by atoms with Gasteiger partial charge in [0.1, 0.15) is 12.3 Å². The fraction of sp³-hybridized carbons (Fsp3) is 0.375. The molecule has 0 aliphatic carbocycles. The second-order valence-corrected chi connectivity index (χ2v) is 8.61. The van der Waals surface area contributed by atoms with Crippen LogP contribution in [0, 0.1) is 0 Å². The number of para-hydroxylation sites is 1. The van der Waals surface area contributed by atoms with Crippen LogP contribution in [-0.4, -0.2) is 41.4 Å². The van der Waals surface area contributed by atoms with Crippen LogP contribution in [0.25, 0.3) is 10.2 Å². The Morgan fingerprint density at radius 2 is 1.87 bits per heavy atom. The monoisotopic (exact) mass is 437 g/mol. The summed E-state index contributed by atoms with van der Waals surface area (Å²) in [6, 6.07) is 15.3. The van der Waals surface area contributed by atoms with E-state index < -0.39 is 0 Å². The van der Waals surface area contributed by atoms with Gasteiger partial charge in [-0.1, -0.05) is 36.3 Å². The summed E-state index contributed by atoms with van der Waals surface area (Å²) in [7, 11) is 0. The molecular weight excluding hydrogens is 410 g/mol. The van der Waals surface area contributed by atoms with Gasteiger partial charge in [-0.25, -0.2) is 4.98 Å². The van der Waals surface area contributed by atoms with Crippen LogP contribution in [0.4, 0.5) is 10.8 Å². The van der Waals surface area contributed by atoms with Crippen LogP contribution < -0.4 is 9.64 Å². The molecule has 1 aliphatic heterocycles. The van der Waals surface area contributed by atoms with Crippen molar-refractivity contribution < 1.29 is 14.3 Å². The quantitative estimate of drug-likeness (QED) is 0.535. The van der Waals surface area contributed by atoms with E-state index in [0.29, 0.717) is 30.4 Å². The van der Waals surface area contributed by atoms with Crippen LogP contribution in [0.1, 0.15) is 39.0 Å². The molecule has 2 amide bonds. The molecule has 0 atom stereocenters. The SMILES string of the molecule is CCOc1ccc(N(C(=O)CN2CCCCCCC2=O)c2nc3ccccc3s2)cc1. The van der Waals surface area contributed by atoms with E-state index in [9.17, 15) is 9.59 Å². The molecule has 4 rings (SSSR count). The van der Waals surface area contributed by atoms with E-state index >= 15 is 0 Å². The van der Waals surface area contributed by atoms with Gasteiger partial charge in [0.2, 0.25) is 5.91 Å². The van der Waals surface area contributed by atoms with Crippen molar-refractivity contribution in [2.75, 3.05) is 24.6 Å². The molecule has 0 bridgehead atoms. The number of amides is 2. The van der Waals surface area contributed by atoms with E-state index in [1.54, 1.807) is 9.80 Å². The van der Waals surface area contributed by atoms with Gasteiger partial charge in [0.25, 0.3) is 5.91 Å². The number of nitrogens with zero attached hydrogens (tertiary/aromatic N) is 3. The molecule has 162 valence electrons. The molecule has 0 radical (unpaired) electrons. The fourth-order valence-electron chi connectivity index (χ4n) is 3.79. The summed E-state index contributed by atoms with van der Waals surface area (Å²) in [5.41, 5.74) is 1.57. The molecule has 0 unspecified atom stereocenters. The molecule has 1 fully saturated rings. The van der Waals surface area contributed by atoms with Crippen molar-refractivity contribution in [1.82, 2.24) is 9.88 Å².